The number of rotatable bonds is 7. The Hall–Kier alpha value is -0.850. The first-order valence-corrected chi connectivity index (χ1v) is 7.94. The summed E-state index contributed by atoms with van der Waals surface area (Å²) in [6.45, 7) is 3.25. The zero-order chi connectivity index (χ0) is 12.8. The average Bonchev–Trinajstić information content (AvgIpc) is 3.02. The Morgan fingerprint density at radius 1 is 1.39 bits per heavy atom. The molecule has 0 amide bonds. The smallest absolute Gasteiger partial charge is 0.191 e. The van der Waals surface area contributed by atoms with Crippen LogP contribution in [0.2, 0.25) is 0 Å². The molecule has 4 nitrogen and oxygen atoms in total. The SMILES string of the molecule is CCn1c(SCCCCO)nnc1-c1cccs1. The Labute approximate surface area is 115 Å². The molecule has 2 rings (SSSR count). The van der Waals surface area contributed by atoms with E-state index >= 15 is 0 Å². The van der Waals surface area contributed by atoms with E-state index in [0.29, 0.717) is 0 Å². The lowest BCUT2D eigenvalue weighted by Gasteiger charge is -2.05. The topological polar surface area (TPSA) is 50.9 Å². The van der Waals surface area contributed by atoms with Crippen molar-refractivity contribution < 1.29 is 5.11 Å². The molecule has 0 radical (unpaired) electrons. The van der Waals surface area contributed by atoms with Gasteiger partial charge in [0.2, 0.25) is 0 Å². The third-order valence-electron chi connectivity index (χ3n) is 2.56. The predicted octanol–water partition coefficient (Wildman–Crippen LogP) is 2.89. The molecule has 6 heteroatoms. The first-order chi connectivity index (χ1) is 8.86. The average molecular weight is 283 g/mol. The summed E-state index contributed by atoms with van der Waals surface area (Å²) in [7, 11) is 0. The molecule has 0 fully saturated rings. The van der Waals surface area contributed by atoms with Gasteiger partial charge in [0.1, 0.15) is 0 Å². The molecule has 0 aromatic carbocycles. The number of nitrogens with zero attached hydrogens (tertiary/aromatic N) is 3. The Kier molecular flexibility index (Phi) is 5.22. The molecule has 2 heterocycles. The van der Waals surface area contributed by atoms with E-state index in [1.54, 1.807) is 23.1 Å². The monoisotopic (exact) mass is 283 g/mol. The maximum Gasteiger partial charge on any atom is 0.191 e. The van der Waals surface area contributed by atoms with E-state index in [2.05, 4.69) is 33.1 Å². The lowest BCUT2D eigenvalue weighted by atomic mass is 10.4. The van der Waals surface area contributed by atoms with E-state index in [-0.39, 0.29) is 6.61 Å². The molecular formula is C12H17N3OS2. The highest BCUT2D eigenvalue weighted by Gasteiger charge is 2.13. The van der Waals surface area contributed by atoms with Gasteiger partial charge < -0.3 is 9.67 Å². The maximum atomic E-state index is 8.75. The van der Waals surface area contributed by atoms with E-state index in [0.717, 1.165) is 41.0 Å². The number of thioether (sulfide) groups is 1. The highest BCUT2D eigenvalue weighted by Crippen LogP contribution is 2.27. The molecule has 0 aliphatic heterocycles. The normalized spacial score (nSPS) is 11.0. The molecule has 0 saturated heterocycles. The quantitative estimate of drug-likeness (QED) is 0.627. The van der Waals surface area contributed by atoms with Crippen molar-refractivity contribution in [1.29, 1.82) is 0 Å². The second kappa shape index (κ2) is 6.92. The molecule has 98 valence electrons. The van der Waals surface area contributed by atoms with Crippen LogP contribution in [0, 0.1) is 0 Å². The molecule has 0 atom stereocenters. The zero-order valence-electron chi connectivity index (χ0n) is 10.4. The Bertz CT molecular complexity index is 468. The minimum Gasteiger partial charge on any atom is -0.396 e. The molecule has 0 unspecified atom stereocenters. The number of hydrogen-bond donors (Lipinski definition) is 1. The lowest BCUT2D eigenvalue weighted by molar-refractivity contribution is 0.287. The van der Waals surface area contributed by atoms with Gasteiger partial charge in [-0.2, -0.15) is 0 Å². The van der Waals surface area contributed by atoms with Crippen LogP contribution in [0.4, 0.5) is 0 Å². The van der Waals surface area contributed by atoms with Crippen molar-refractivity contribution in [3.63, 3.8) is 0 Å². The van der Waals surface area contributed by atoms with Crippen molar-refractivity contribution in [3.8, 4) is 10.7 Å². The van der Waals surface area contributed by atoms with Crippen LogP contribution >= 0.6 is 23.1 Å². The molecule has 1 N–H and O–H groups in total. The number of hydrogen-bond acceptors (Lipinski definition) is 5. The summed E-state index contributed by atoms with van der Waals surface area (Å²) in [5, 5.41) is 20.3. The number of thiophene rings is 1. The number of aliphatic hydroxyl groups excluding tert-OH is 1. The third-order valence-corrected chi connectivity index (χ3v) is 4.48. The van der Waals surface area contributed by atoms with E-state index < -0.39 is 0 Å². The van der Waals surface area contributed by atoms with Crippen molar-refractivity contribution >= 4 is 23.1 Å². The molecule has 0 aliphatic rings. The highest BCUT2D eigenvalue weighted by atomic mass is 32.2. The van der Waals surface area contributed by atoms with Crippen molar-refractivity contribution in [2.24, 2.45) is 0 Å². The summed E-state index contributed by atoms with van der Waals surface area (Å²) in [6, 6.07) is 4.10. The number of unbranched alkanes of at least 4 members (excludes halogenated alkanes) is 1. The summed E-state index contributed by atoms with van der Waals surface area (Å²) >= 11 is 3.40. The van der Waals surface area contributed by atoms with Crippen molar-refractivity contribution in [3.05, 3.63) is 17.5 Å². The third kappa shape index (κ3) is 3.13. The highest BCUT2D eigenvalue weighted by molar-refractivity contribution is 7.99. The van der Waals surface area contributed by atoms with Gasteiger partial charge in [-0.3, -0.25) is 0 Å². The van der Waals surface area contributed by atoms with E-state index in [9.17, 15) is 0 Å². The molecule has 2 aromatic rings. The van der Waals surface area contributed by atoms with E-state index in [4.69, 9.17) is 5.11 Å². The summed E-state index contributed by atoms with van der Waals surface area (Å²) in [4.78, 5) is 1.16. The van der Waals surface area contributed by atoms with Crippen LogP contribution in [0.15, 0.2) is 22.7 Å². The van der Waals surface area contributed by atoms with Crippen LogP contribution in [-0.2, 0) is 6.54 Å². The molecule has 0 bridgehead atoms. The second-order valence-corrected chi connectivity index (χ2v) is 5.82. The molecule has 2 aromatic heterocycles. The van der Waals surface area contributed by atoms with Crippen LogP contribution < -0.4 is 0 Å². The fraction of sp³-hybridized carbons (Fsp3) is 0.500. The summed E-state index contributed by atoms with van der Waals surface area (Å²) in [6.07, 6.45) is 1.86. The van der Waals surface area contributed by atoms with Crippen molar-refractivity contribution in [2.75, 3.05) is 12.4 Å². The largest absolute Gasteiger partial charge is 0.396 e. The van der Waals surface area contributed by atoms with E-state index in [1.165, 1.54) is 0 Å². The fourth-order valence-corrected chi connectivity index (χ4v) is 3.36. The van der Waals surface area contributed by atoms with Gasteiger partial charge in [0.15, 0.2) is 11.0 Å². The minimum atomic E-state index is 0.265. The molecule has 0 spiro atoms. The molecule has 0 aliphatic carbocycles. The second-order valence-electron chi connectivity index (χ2n) is 3.81. The summed E-state index contributed by atoms with van der Waals surface area (Å²) in [5.41, 5.74) is 0. The van der Waals surface area contributed by atoms with Crippen LogP contribution in [0.5, 0.6) is 0 Å². The summed E-state index contributed by atoms with van der Waals surface area (Å²) in [5.74, 6) is 1.93. The molecule has 0 saturated carbocycles. The van der Waals surface area contributed by atoms with Gasteiger partial charge in [-0.25, -0.2) is 0 Å². The first-order valence-electron chi connectivity index (χ1n) is 6.07. The summed E-state index contributed by atoms with van der Waals surface area (Å²) < 4.78 is 2.15. The van der Waals surface area contributed by atoms with Crippen molar-refractivity contribution in [2.45, 2.75) is 31.5 Å². The van der Waals surface area contributed by atoms with Gasteiger partial charge in [-0.05, 0) is 31.2 Å². The van der Waals surface area contributed by atoms with Crippen molar-refractivity contribution in [1.82, 2.24) is 14.8 Å². The van der Waals surface area contributed by atoms with Gasteiger partial charge in [-0.1, -0.05) is 17.8 Å². The van der Waals surface area contributed by atoms with Gasteiger partial charge >= 0.3 is 0 Å². The lowest BCUT2D eigenvalue weighted by Crippen LogP contribution is -1.99. The fourth-order valence-electron chi connectivity index (χ4n) is 1.65. The Morgan fingerprint density at radius 2 is 2.28 bits per heavy atom. The van der Waals surface area contributed by atoms with Crippen LogP contribution in [-0.4, -0.2) is 32.2 Å². The minimum absolute atomic E-state index is 0.265. The van der Waals surface area contributed by atoms with Gasteiger partial charge in [-0.15, -0.1) is 21.5 Å². The Balaban J connectivity index is 2.08. The predicted molar refractivity (Wildman–Crippen MR) is 76.1 cm³/mol. The van der Waals surface area contributed by atoms with Gasteiger partial charge in [0.25, 0.3) is 0 Å². The standard InChI is InChI=1S/C12H17N3OS2/c1-2-15-11(10-6-5-9-17-10)13-14-12(15)18-8-4-3-7-16/h5-6,9,16H,2-4,7-8H2,1H3. The van der Waals surface area contributed by atoms with Crippen LogP contribution in [0.25, 0.3) is 10.7 Å². The number of aromatic nitrogens is 3. The molecular weight excluding hydrogens is 266 g/mol. The number of aliphatic hydroxyl groups is 1. The van der Waals surface area contributed by atoms with Gasteiger partial charge in [0, 0.05) is 18.9 Å². The first kappa shape index (κ1) is 13.6. The Morgan fingerprint density at radius 3 is 2.94 bits per heavy atom. The van der Waals surface area contributed by atoms with E-state index in [1.807, 2.05) is 6.07 Å². The van der Waals surface area contributed by atoms with Crippen LogP contribution in [0.1, 0.15) is 19.8 Å². The molecule has 18 heavy (non-hydrogen) atoms. The maximum absolute atomic E-state index is 8.75. The zero-order valence-corrected chi connectivity index (χ0v) is 12.0. The van der Waals surface area contributed by atoms with Gasteiger partial charge in [0.05, 0.1) is 4.88 Å². The van der Waals surface area contributed by atoms with Crippen LogP contribution in [0.3, 0.4) is 0 Å².